The molecule has 0 saturated heterocycles. The largest absolute Gasteiger partial charge is 0.322 e. The number of hydrogen-bond donors (Lipinski definition) is 1. The van der Waals surface area contributed by atoms with E-state index >= 15 is 0 Å². The van der Waals surface area contributed by atoms with Gasteiger partial charge in [-0.25, -0.2) is 9.97 Å². The number of likely N-dealkylation sites (N-methyl/N-ethyl adjacent to an activating group) is 1. The molecule has 1 amide bonds. The number of carbonyl (C=O) groups is 1. The van der Waals surface area contributed by atoms with E-state index in [1.165, 1.54) is 11.8 Å². The highest BCUT2D eigenvalue weighted by atomic mass is 32.2. The number of thioether (sulfide) groups is 1. The Morgan fingerprint density at radius 3 is 2.71 bits per heavy atom. The average Bonchev–Trinajstić information content (AvgIpc) is 3.04. The normalized spacial score (nSPS) is 12.3. The summed E-state index contributed by atoms with van der Waals surface area (Å²) in [7, 11) is 0. The Bertz CT molecular complexity index is 629. The Hall–Kier alpha value is -1.93. The number of hydrogen-bond acceptors (Lipinski definition) is 6. The molecule has 0 aliphatic rings. The van der Waals surface area contributed by atoms with Crippen LogP contribution in [0.1, 0.15) is 20.8 Å². The van der Waals surface area contributed by atoms with Crippen molar-refractivity contribution in [1.82, 2.24) is 24.6 Å². The van der Waals surface area contributed by atoms with Gasteiger partial charge in [0.1, 0.15) is 0 Å². The third-order valence-electron chi connectivity index (χ3n) is 3.63. The summed E-state index contributed by atoms with van der Waals surface area (Å²) >= 11 is 1.33. The van der Waals surface area contributed by atoms with Gasteiger partial charge in [-0.2, -0.15) is 5.10 Å². The third kappa shape index (κ3) is 5.61. The van der Waals surface area contributed by atoms with Gasteiger partial charge in [0.15, 0.2) is 5.16 Å². The predicted molar refractivity (Wildman–Crippen MR) is 96.0 cm³/mol. The minimum absolute atomic E-state index is 0.0873. The van der Waals surface area contributed by atoms with Crippen molar-refractivity contribution in [2.75, 3.05) is 25.0 Å². The topological polar surface area (TPSA) is 75.9 Å². The quantitative estimate of drug-likeness (QED) is 0.553. The molecule has 0 fully saturated rings. The molecule has 0 aromatic carbocycles. The lowest BCUT2D eigenvalue weighted by atomic mass is 10.4. The van der Waals surface area contributed by atoms with E-state index in [2.05, 4.69) is 39.1 Å². The van der Waals surface area contributed by atoms with E-state index in [0.29, 0.717) is 10.8 Å². The van der Waals surface area contributed by atoms with Crippen molar-refractivity contribution in [3.63, 3.8) is 0 Å². The second-order valence-corrected chi connectivity index (χ2v) is 6.61. The Kier molecular flexibility index (Phi) is 7.20. The number of anilines is 1. The van der Waals surface area contributed by atoms with Gasteiger partial charge in [-0.1, -0.05) is 25.6 Å². The number of carbonyl (C=O) groups excluding carboxylic acids is 1. The summed E-state index contributed by atoms with van der Waals surface area (Å²) in [5, 5.41) is 7.49. The lowest BCUT2D eigenvalue weighted by Gasteiger charge is -2.17. The summed E-state index contributed by atoms with van der Waals surface area (Å²) in [4.78, 5) is 22.8. The number of aromatic nitrogens is 4. The molecule has 7 nitrogen and oxygen atoms in total. The maximum atomic E-state index is 12.3. The Labute approximate surface area is 146 Å². The molecule has 130 valence electrons. The van der Waals surface area contributed by atoms with E-state index in [4.69, 9.17) is 0 Å². The lowest BCUT2D eigenvalue weighted by Crippen LogP contribution is -2.27. The van der Waals surface area contributed by atoms with Crippen LogP contribution in [0.15, 0.2) is 36.0 Å². The van der Waals surface area contributed by atoms with Crippen LogP contribution in [0, 0.1) is 0 Å². The van der Waals surface area contributed by atoms with Gasteiger partial charge in [-0.15, -0.1) is 0 Å². The molecule has 2 aromatic rings. The first kappa shape index (κ1) is 18.4. The number of amides is 1. The zero-order chi connectivity index (χ0) is 17.4. The molecule has 1 atom stereocenters. The molecule has 0 aliphatic heterocycles. The summed E-state index contributed by atoms with van der Waals surface area (Å²) in [5.41, 5.74) is 0.709. The van der Waals surface area contributed by atoms with Gasteiger partial charge < -0.3 is 10.2 Å². The summed E-state index contributed by atoms with van der Waals surface area (Å²) < 4.78 is 1.85. The number of rotatable bonds is 9. The molecule has 0 bridgehead atoms. The standard InChI is InChI=1S/C16H24N6OS/c1-4-21(5-2)9-10-22-12-14(11-19-22)20-15(23)13(3)24-16-17-7-6-8-18-16/h6-8,11-13H,4-5,9-10H2,1-3H3,(H,20,23). The zero-order valence-electron chi connectivity index (χ0n) is 14.3. The van der Waals surface area contributed by atoms with Crippen LogP contribution in [0.4, 0.5) is 5.69 Å². The van der Waals surface area contributed by atoms with Crippen molar-refractivity contribution in [2.24, 2.45) is 0 Å². The van der Waals surface area contributed by atoms with Gasteiger partial charge in [0.25, 0.3) is 0 Å². The first-order valence-corrected chi connectivity index (χ1v) is 8.99. The Morgan fingerprint density at radius 2 is 2.04 bits per heavy atom. The Morgan fingerprint density at radius 1 is 1.33 bits per heavy atom. The van der Waals surface area contributed by atoms with E-state index in [0.717, 1.165) is 26.2 Å². The van der Waals surface area contributed by atoms with Gasteiger partial charge in [0, 0.05) is 25.1 Å². The predicted octanol–water partition coefficient (Wildman–Crippen LogP) is 2.13. The molecule has 2 heterocycles. The molecule has 8 heteroatoms. The van der Waals surface area contributed by atoms with Crippen molar-refractivity contribution < 1.29 is 4.79 Å². The fraction of sp³-hybridized carbons (Fsp3) is 0.500. The van der Waals surface area contributed by atoms with Gasteiger partial charge in [-0.05, 0) is 26.1 Å². The maximum Gasteiger partial charge on any atom is 0.237 e. The molecule has 2 aromatic heterocycles. The average molecular weight is 348 g/mol. The van der Waals surface area contributed by atoms with E-state index in [-0.39, 0.29) is 11.2 Å². The molecule has 0 saturated carbocycles. The highest BCUT2D eigenvalue weighted by molar-refractivity contribution is 8.00. The summed E-state index contributed by atoms with van der Waals surface area (Å²) in [6, 6.07) is 1.75. The SMILES string of the molecule is CCN(CC)CCn1cc(NC(=O)C(C)Sc2ncccn2)cn1. The van der Waals surface area contributed by atoms with Gasteiger partial charge in [-0.3, -0.25) is 9.48 Å². The summed E-state index contributed by atoms with van der Waals surface area (Å²) in [5.74, 6) is -0.0873. The van der Waals surface area contributed by atoms with Crippen LogP contribution in [0.3, 0.4) is 0 Å². The molecule has 2 rings (SSSR count). The van der Waals surface area contributed by atoms with E-state index < -0.39 is 0 Å². The van der Waals surface area contributed by atoms with Gasteiger partial charge >= 0.3 is 0 Å². The number of nitrogens with zero attached hydrogens (tertiary/aromatic N) is 5. The van der Waals surface area contributed by atoms with Crippen LogP contribution in [0.5, 0.6) is 0 Å². The van der Waals surface area contributed by atoms with Crippen LogP contribution in [-0.2, 0) is 11.3 Å². The van der Waals surface area contributed by atoms with Gasteiger partial charge in [0.05, 0.1) is 23.7 Å². The third-order valence-corrected chi connectivity index (χ3v) is 4.62. The summed E-state index contributed by atoms with van der Waals surface area (Å²) in [6.45, 7) is 9.93. The fourth-order valence-electron chi connectivity index (χ4n) is 2.14. The van der Waals surface area contributed by atoms with Crippen LogP contribution in [-0.4, -0.2) is 55.4 Å². The first-order valence-electron chi connectivity index (χ1n) is 8.11. The highest BCUT2D eigenvalue weighted by Crippen LogP contribution is 2.19. The fourth-order valence-corrected chi connectivity index (χ4v) is 2.86. The van der Waals surface area contributed by atoms with Crippen molar-refractivity contribution in [2.45, 2.75) is 37.7 Å². The van der Waals surface area contributed by atoms with Gasteiger partial charge in [0.2, 0.25) is 5.91 Å². The van der Waals surface area contributed by atoms with Crippen LogP contribution < -0.4 is 5.32 Å². The maximum absolute atomic E-state index is 12.3. The minimum atomic E-state index is -0.286. The molecule has 24 heavy (non-hydrogen) atoms. The Balaban J connectivity index is 1.83. The second-order valence-electron chi connectivity index (χ2n) is 5.30. The zero-order valence-corrected chi connectivity index (χ0v) is 15.2. The van der Waals surface area contributed by atoms with Crippen LogP contribution in [0.25, 0.3) is 0 Å². The summed E-state index contributed by atoms with van der Waals surface area (Å²) in [6.07, 6.45) is 6.87. The molecular weight excluding hydrogens is 324 g/mol. The van der Waals surface area contributed by atoms with Crippen molar-refractivity contribution in [1.29, 1.82) is 0 Å². The van der Waals surface area contributed by atoms with E-state index in [1.54, 1.807) is 24.7 Å². The molecular formula is C16H24N6OS. The highest BCUT2D eigenvalue weighted by Gasteiger charge is 2.16. The smallest absolute Gasteiger partial charge is 0.237 e. The van der Waals surface area contributed by atoms with E-state index in [1.807, 2.05) is 17.8 Å². The first-order chi connectivity index (χ1) is 11.6. The van der Waals surface area contributed by atoms with Crippen molar-refractivity contribution in [3.05, 3.63) is 30.9 Å². The molecule has 1 unspecified atom stereocenters. The molecule has 0 radical (unpaired) electrons. The van der Waals surface area contributed by atoms with Crippen LogP contribution >= 0.6 is 11.8 Å². The monoisotopic (exact) mass is 348 g/mol. The van der Waals surface area contributed by atoms with Crippen molar-refractivity contribution >= 4 is 23.4 Å². The molecule has 0 spiro atoms. The van der Waals surface area contributed by atoms with E-state index in [9.17, 15) is 4.79 Å². The minimum Gasteiger partial charge on any atom is -0.322 e. The van der Waals surface area contributed by atoms with Crippen LogP contribution in [0.2, 0.25) is 0 Å². The molecule has 0 aliphatic carbocycles. The molecule has 1 N–H and O–H groups in total. The lowest BCUT2D eigenvalue weighted by molar-refractivity contribution is -0.115. The van der Waals surface area contributed by atoms with Crippen molar-refractivity contribution in [3.8, 4) is 0 Å². The number of nitrogens with one attached hydrogen (secondary N) is 1. The second kappa shape index (κ2) is 9.39.